The van der Waals surface area contributed by atoms with E-state index in [9.17, 15) is 9.59 Å². The Bertz CT molecular complexity index is 573. The molecule has 0 unspecified atom stereocenters. The number of likely N-dealkylation sites (tertiary alicyclic amines) is 1. The Hall–Kier alpha value is -2.08. The van der Waals surface area contributed by atoms with Gasteiger partial charge in [-0.1, -0.05) is 12.1 Å². The molecule has 2 atom stereocenters. The van der Waals surface area contributed by atoms with Crippen LogP contribution in [0.3, 0.4) is 0 Å². The Morgan fingerprint density at radius 2 is 2.04 bits per heavy atom. The van der Waals surface area contributed by atoms with Gasteiger partial charge < -0.3 is 14.8 Å². The Kier molecular flexibility index (Phi) is 7.25. The summed E-state index contributed by atoms with van der Waals surface area (Å²) in [4.78, 5) is 26.5. The predicted octanol–water partition coefficient (Wildman–Crippen LogP) is 1.97. The highest BCUT2D eigenvalue weighted by molar-refractivity contribution is 5.81. The lowest BCUT2D eigenvalue weighted by Crippen LogP contribution is -2.50. The molecular formula is C19H28N2O4. The summed E-state index contributed by atoms with van der Waals surface area (Å²) >= 11 is 0. The van der Waals surface area contributed by atoms with Crippen LogP contribution < -0.4 is 10.1 Å². The molecule has 6 nitrogen and oxygen atoms in total. The molecule has 0 radical (unpaired) electrons. The van der Waals surface area contributed by atoms with Crippen molar-refractivity contribution in [3.8, 4) is 5.75 Å². The molecule has 1 heterocycles. The number of hydrogen-bond donors (Lipinski definition) is 1. The normalized spacial score (nSPS) is 19.1. The lowest BCUT2D eigenvalue weighted by atomic mass is 9.97. The van der Waals surface area contributed by atoms with E-state index in [4.69, 9.17) is 9.47 Å². The van der Waals surface area contributed by atoms with Crippen LogP contribution >= 0.6 is 0 Å². The van der Waals surface area contributed by atoms with Crippen molar-refractivity contribution in [1.82, 2.24) is 10.2 Å². The van der Waals surface area contributed by atoms with E-state index in [1.54, 1.807) is 7.11 Å². The van der Waals surface area contributed by atoms with E-state index in [-0.39, 0.29) is 23.8 Å². The molecule has 1 aromatic rings. The minimum absolute atomic E-state index is 0.0275. The lowest BCUT2D eigenvalue weighted by molar-refractivity contribution is -0.151. The molecule has 1 aromatic carbocycles. The highest BCUT2D eigenvalue weighted by Gasteiger charge is 2.31. The highest BCUT2D eigenvalue weighted by Crippen LogP contribution is 2.20. The number of piperidine rings is 1. The molecule has 0 spiro atoms. The van der Waals surface area contributed by atoms with Gasteiger partial charge in [-0.3, -0.25) is 14.5 Å². The van der Waals surface area contributed by atoms with Crippen molar-refractivity contribution in [2.24, 2.45) is 5.92 Å². The summed E-state index contributed by atoms with van der Waals surface area (Å²) in [6.07, 6.45) is 1.73. The first-order valence-electron chi connectivity index (χ1n) is 8.86. The van der Waals surface area contributed by atoms with Crippen molar-refractivity contribution < 1.29 is 19.1 Å². The number of nitrogens with one attached hydrogen (secondary N) is 1. The van der Waals surface area contributed by atoms with Crippen LogP contribution in [0.1, 0.15) is 32.3 Å². The lowest BCUT2D eigenvalue weighted by Gasteiger charge is -2.35. The number of ether oxygens (including phenoxy) is 2. The molecule has 2 rings (SSSR count). The van der Waals surface area contributed by atoms with Gasteiger partial charge in [-0.05, 0) is 50.9 Å². The SMILES string of the molecule is CCOC(=O)[C@@H]1CCCN([C@H](C)C(=O)NCc2ccc(OC)cc2)C1. The van der Waals surface area contributed by atoms with Crippen LogP contribution in [-0.2, 0) is 20.9 Å². The topological polar surface area (TPSA) is 67.9 Å². The van der Waals surface area contributed by atoms with Crippen molar-refractivity contribution in [3.05, 3.63) is 29.8 Å². The zero-order valence-corrected chi connectivity index (χ0v) is 15.3. The maximum Gasteiger partial charge on any atom is 0.310 e. The van der Waals surface area contributed by atoms with Gasteiger partial charge >= 0.3 is 5.97 Å². The molecule has 1 amide bonds. The summed E-state index contributed by atoms with van der Waals surface area (Å²) < 4.78 is 10.2. The van der Waals surface area contributed by atoms with Crippen molar-refractivity contribution in [2.75, 3.05) is 26.8 Å². The monoisotopic (exact) mass is 348 g/mol. The number of benzene rings is 1. The van der Waals surface area contributed by atoms with E-state index in [2.05, 4.69) is 10.2 Å². The molecule has 0 aromatic heterocycles. The Morgan fingerprint density at radius 3 is 2.68 bits per heavy atom. The number of nitrogens with zero attached hydrogens (tertiary/aromatic N) is 1. The highest BCUT2D eigenvalue weighted by atomic mass is 16.5. The van der Waals surface area contributed by atoms with Crippen LogP contribution in [0.4, 0.5) is 0 Å². The van der Waals surface area contributed by atoms with E-state index >= 15 is 0 Å². The predicted molar refractivity (Wildman–Crippen MR) is 95.2 cm³/mol. The molecule has 1 N–H and O–H groups in total. The number of hydrogen-bond acceptors (Lipinski definition) is 5. The largest absolute Gasteiger partial charge is 0.497 e. The van der Waals surface area contributed by atoms with Gasteiger partial charge in [0, 0.05) is 13.1 Å². The fraction of sp³-hybridized carbons (Fsp3) is 0.579. The molecule has 1 aliphatic rings. The van der Waals surface area contributed by atoms with E-state index < -0.39 is 0 Å². The first kappa shape index (κ1) is 19.2. The minimum atomic E-state index is -0.268. The van der Waals surface area contributed by atoms with E-state index in [1.165, 1.54) is 0 Å². The molecule has 0 aliphatic carbocycles. The van der Waals surface area contributed by atoms with Gasteiger partial charge in [-0.15, -0.1) is 0 Å². The fourth-order valence-electron chi connectivity index (χ4n) is 3.06. The average Bonchev–Trinajstić information content (AvgIpc) is 2.66. The Balaban J connectivity index is 1.84. The Morgan fingerprint density at radius 1 is 1.32 bits per heavy atom. The molecule has 138 valence electrons. The molecule has 1 fully saturated rings. The van der Waals surface area contributed by atoms with Gasteiger partial charge in [0.1, 0.15) is 5.75 Å². The Labute approximate surface area is 149 Å². The number of methoxy groups -OCH3 is 1. The smallest absolute Gasteiger partial charge is 0.310 e. The number of rotatable bonds is 7. The van der Waals surface area contributed by atoms with Crippen LogP contribution in [0.15, 0.2) is 24.3 Å². The third-order valence-corrected chi connectivity index (χ3v) is 4.63. The third-order valence-electron chi connectivity index (χ3n) is 4.63. The zero-order valence-electron chi connectivity index (χ0n) is 15.3. The van der Waals surface area contributed by atoms with Gasteiger partial charge in [0.15, 0.2) is 0 Å². The van der Waals surface area contributed by atoms with Crippen molar-refractivity contribution in [3.63, 3.8) is 0 Å². The van der Waals surface area contributed by atoms with Crippen LogP contribution in [0.5, 0.6) is 5.75 Å². The standard InChI is InChI=1S/C19H28N2O4/c1-4-25-19(23)16-6-5-11-21(13-16)14(2)18(22)20-12-15-7-9-17(24-3)10-8-15/h7-10,14,16H,4-6,11-13H2,1-3H3,(H,20,22)/t14-,16-/m1/s1. The summed E-state index contributed by atoms with van der Waals surface area (Å²) in [6.45, 7) is 5.98. The summed E-state index contributed by atoms with van der Waals surface area (Å²) in [5.74, 6) is 0.477. The van der Waals surface area contributed by atoms with Crippen LogP contribution in [0, 0.1) is 5.92 Å². The number of carbonyl (C=O) groups excluding carboxylic acids is 2. The minimum Gasteiger partial charge on any atom is -0.497 e. The van der Waals surface area contributed by atoms with E-state index in [0.717, 1.165) is 30.7 Å². The van der Waals surface area contributed by atoms with E-state index in [1.807, 2.05) is 38.1 Å². The van der Waals surface area contributed by atoms with Gasteiger partial charge in [-0.2, -0.15) is 0 Å². The van der Waals surface area contributed by atoms with E-state index in [0.29, 0.717) is 19.7 Å². The molecule has 1 saturated heterocycles. The zero-order chi connectivity index (χ0) is 18.2. The summed E-state index contributed by atoms with van der Waals surface area (Å²) in [5, 5.41) is 2.97. The van der Waals surface area contributed by atoms with Crippen LogP contribution in [0.25, 0.3) is 0 Å². The number of esters is 1. The number of carbonyl (C=O) groups is 2. The summed E-state index contributed by atoms with van der Waals surface area (Å²) in [7, 11) is 1.63. The van der Waals surface area contributed by atoms with Crippen LogP contribution in [-0.4, -0.2) is 49.6 Å². The first-order chi connectivity index (χ1) is 12.0. The maximum absolute atomic E-state index is 12.4. The quantitative estimate of drug-likeness (QED) is 0.763. The molecule has 0 saturated carbocycles. The average molecular weight is 348 g/mol. The van der Waals surface area contributed by atoms with Gasteiger partial charge in [0.2, 0.25) is 5.91 Å². The van der Waals surface area contributed by atoms with Gasteiger partial charge in [0.25, 0.3) is 0 Å². The third kappa shape index (κ3) is 5.46. The maximum atomic E-state index is 12.4. The van der Waals surface area contributed by atoms with Gasteiger partial charge in [0.05, 0.1) is 25.7 Å². The van der Waals surface area contributed by atoms with Gasteiger partial charge in [-0.25, -0.2) is 0 Å². The van der Waals surface area contributed by atoms with Crippen LogP contribution in [0.2, 0.25) is 0 Å². The van der Waals surface area contributed by atoms with Crippen molar-refractivity contribution >= 4 is 11.9 Å². The molecular weight excluding hydrogens is 320 g/mol. The summed E-state index contributed by atoms with van der Waals surface area (Å²) in [5.41, 5.74) is 1.02. The summed E-state index contributed by atoms with van der Waals surface area (Å²) in [6, 6.07) is 7.34. The second-order valence-electron chi connectivity index (χ2n) is 6.33. The fourth-order valence-corrected chi connectivity index (χ4v) is 3.06. The second kappa shape index (κ2) is 9.42. The second-order valence-corrected chi connectivity index (χ2v) is 6.33. The molecule has 6 heteroatoms. The van der Waals surface area contributed by atoms with Crippen molar-refractivity contribution in [2.45, 2.75) is 39.3 Å². The van der Waals surface area contributed by atoms with Crippen molar-refractivity contribution in [1.29, 1.82) is 0 Å². The molecule has 1 aliphatic heterocycles. The first-order valence-corrected chi connectivity index (χ1v) is 8.86. The number of amides is 1. The molecule has 0 bridgehead atoms. The molecule has 25 heavy (non-hydrogen) atoms.